The molecule has 1 aromatic rings. The first-order valence-corrected chi connectivity index (χ1v) is 7.19. The van der Waals surface area contributed by atoms with Gasteiger partial charge in [0.25, 0.3) is 11.6 Å². The zero-order chi connectivity index (χ0) is 15.4. The predicted molar refractivity (Wildman–Crippen MR) is 78.1 cm³/mol. The van der Waals surface area contributed by atoms with E-state index >= 15 is 0 Å². The van der Waals surface area contributed by atoms with E-state index < -0.39 is 10.8 Å². The van der Waals surface area contributed by atoms with Gasteiger partial charge in [-0.05, 0) is 31.4 Å². The van der Waals surface area contributed by atoms with Crippen molar-refractivity contribution < 1.29 is 14.8 Å². The van der Waals surface area contributed by atoms with Crippen molar-refractivity contribution in [2.45, 2.75) is 38.6 Å². The van der Waals surface area contributed by atoms with Gasteiger partial charge in [-0.15, -0.1) is 0 Å². The maximum Gasteiger partial charge on any atom is 0.282 e. The molecule has 2 unspecified atom stereocenters. The molecule has 0 saturated heterocycles. The van der Waals surface area contributed by atoms with Crippen LogP contribution in [0.2, 0.25) is 0 Å². The van der Waals surface area contributed by atoms with Crippen molar-refractivity contribution in [2.75, 3.05) is 6.61 Å². The molecule has 0 bridgehead atoms. The van der Waals surface area contributed by atoms with Gasteiger partial charge >= 0.3 is 0 Å². The number of aliphatic hydroxyl groups is 1. The monoisotopic (exact) mass is 292 g/mol. The molecule has 1 fully saturated rings. The lowest BCUT2D eigenvalue weighted by Crippen LogP contribution is -2.43. The number of rotatable bonds is 4. The van der Waals surface area contributed by atoms with Crippen molar-refractivity contribution in [1.29, 1.82) is 0 Å². The van der Waals surface area contributed by atoms with Crippen molar-refractivity contribution in [3.05, 3.63) is 39.4 Å². The Hall–Kier alpha value is -1.95. The largest absolute Gasteiger partial charge is 0.396 e. The standard InChI is InChI=1S/C15H20N2O4/c1-10-6-7-14(17(20)21)12(8-10)15(19)16-13-5-3-2-4-11(13)9-18/h6-8,11,13,18H,2-5,9H2,1H3,(H,16,19). The van der Waals surface area contributed by atoms with Crippen LogP contribution in [0.25, 0.3) is 0 Å². The maximum atomic E-state index is 12.4. The van der Waals surface area contributed by atoms with E-state index in [2.05, 4.69) is 5.32 Å². The van der Waals surface area contributed by atoms with Gasteiger partial charge < -0.3 is 10.4 Å². The molecule has 6 heteroatoms. The van der Waals surface area contributed by atoms with Crippen LogP contribution in [0.4, 0.5) is 5.69 Å². The Morgan fingerprint density at radius 3 is 2.81 bits per heavy atom. The van der Waals surface area contributed by atoms with Crippen LogP contribution in [0.15, 0.2) is 18.2 Å². The van der Waals surface area contributed by atoms with Gasteiger partial charge in [0.05, 0.1) is 4.92 Å². The Morgan fingerprint density at radius 1 is 1.43 bits per heavy atom. The van der Waals surface area contributed by atoms with Crippen molar-refractivity contribution in [3.8, 4) is 0 Å². The highest BCUT2D eigenvalue weighted by molar-refractivity contribution is 5.98. The number of benzene rings is 1. The molecule has 2 rings (SSSR count). The summed E-state index contributed by atoms with van der Waals surface area (Å²) < 4.78 is 0. The second kappa shape index (κ2) is 6.67. The quantitative estimate of drug-likeness (QED) is 0.657. The minimum absolute atomic E-state index is 0.0286. The van der Waals surface area contributed by atoms with E-state index in [9.17, 15) is 20.0 Å². The molecule has 1 aliphatic rings. The van der Waals surface area contributed by atoms with Crippen LogP contribution in [-0.4, -0.2) is 28.6 Å². The topological polar surface area (TPSA) is 92.5 Å². The molecule has 0 spiro atoms. The van der Waals surface area contributed by atoms with Crippen LogP contribution in [0.1, 0.15) is 41.6 Å². The number of aryl methyl sites for hydroxylation is 1. The summed E-state index contributed by atoms with van der Waals surface area (Å²) in [5.74, 6) is -0.401. The average molecular weight is 292 g/mol. The minimum Gasteiger partial charge on any atom is -0.396 e. The zero-order valence-electron chi connectivity index (χ0n) is 12.0. The molecule has 21 heavy (non-hydrogen) atoms. The lowest BCUT2D eigenvalue weighted by atomic mass is 9.85. The fourth-order valence-electron chi connectivity index (χ4n) is 2.85. The molecule has 6 nitrogen and oxygen atoms in total. The fourth-order valence-corrected chi connectivity index (χ4v) is 2.85. The van der Waals surface area contributed by atoms with E-state index in [1.807, 2.05) is 0 Å². The van der Waals surface area contributed by atoms with Crippen molar-refractivity contribution in [3.63, 3.8) is 0 Å². The Balaban J connectivity index is 2.19. The van der Waals surface area contributed by atoms with Crippen LogP contribution >= 0.6 is 0 Å². The van der Waals surface area contributed by atoms with E-state index in [1.54, 1.807) is 13.0 Å². The summed E-state index contributed by atoms with van der Waals surface area (Å²) >= 11 is 0. The van der Waals surface area contributed by atoms with Gasteiger partial charge in [-0.2, -0.15) is 0 Å². The summed E-state index contributed by atoms with van der Waals surface area (Å²) in [7, 11) is 0. The number of nitrogens with one attached hydrogen (secondary N) is 1. The number of hydrogen-bond donors (Lipinski definition) is 2. The van der Waals surface area contributed by atoms with Crippen LogP contribution in [-0.2, 0) is 0 Å². The molecule has 0 aliphatic heterocycles. The lowest BCUT2D eigenvalue weighted by molar-refractivity contribution is -0.385. The van der Waals surface area contributed by atoms with Crippen LogP contribution in [0.3, 0.4) is 0 Å². The first kappa shape index (κ1) is 15.4. The SMILES string of the molecule is Cc1ccc([N+](=O)[O-])c(C(=O)NC2CCCCC2CO)c1. The second-order valence-corrected chi connectivity index (χ2v) is 5.58. The minimum atomic E-state index is -0.543. The van der Waals surface area contributed by atoms with Gasteiger partial charge in [0.15, 0.2) is 0 Å². The summed E-state index contributed by atoms with van der Waals surface area (Å²) in [6, 6.07) is 4.39. The highest BCUT2D eigenvalue weighted by Crippen LogP contribution is 2.25. The smallest absolute Gasteiger partial charge is 0.282 e. The number of nitro groups is 1. The molecule has 1 aliphatic carbocycles. The molecular formula is C15H20N2O4. The first-order chi connectivity index (χ1) is 10.0. The van der Waals surface area contributed by atoms with E-state index in [0.717, 1.165) is 31.2 Å². The van der Waals surface area contributed by atoms with Gasteiger partial charge in [0, 0.05) is 24.6 Å². The van der Waals surface area contributed by atoms with Crippen molar-refractivity contribution >= 4 is 11.6 Å². The molecule has 1 amide bonds. The van der Waals surface area contributed by atoms with Crippen LogP contribution in [0.5, 0.6) is 0 Å². The number of aliphatic hydroxyl groups excluding tert-OH is 1. The number of nitro benzene ring substituents is 1. The van der Waals surface area contributed by atoms with Gasteiger partial charge in [-0.1, -0.05) is 18.9 Å². The fraction of sp³-hybridized carbons (Fsp3) is 0.533. The first-order valence-electron chi connectivity index (χ1n) is 7.19. The highest BCUT2D eigenvalue weighted by Gasteiger charge is 2.28. The van der Waals surface area contributed by atoms with Gasteiger partial charge in [0.1, 0.15) is 5.56 Å². The molecule has 2 atom stereocenters. The van der Waals surface area contributed by atoms with E-state index in [4.69, 9.17) is 0 Å². The normalized spacial score (nSPS) is 21.8. The highest BCUT2D eigenvalue weighted by atomic mass is 16.6. The summed E-state index contributed by atoms with van der Waals surface area (Å²) in [6.07, 6.45) is 3.72. The molecule has 2 N–H and O–H groups in total. The summed E-state index contributed by atoms with van der Waals surface area (Å²) in [5, 5.41) is 23.3. The summed E-state index contributed by atoms with van der Waals surface area (Å²) in [6.45, 7) is 1.82. The van der Waals surface area contributed by atoms with E-state index in [1.165, 1.54) is 12.1 Å². The second-order valence-electron chi connectivity index (χ2n) is 5.58. The third-order valence-electron chi connectivity index (χ3n) is 4.05. The van der Waals surface area contributed by atoms with Gasteiger partial charge in [-0.25, -0.2) is 0 Å². The molecule has 0 aromatic heterocycles. The van der Waals surface area contributed by atoms with Crippen LogP contribution in [0, 0.1) is 23.0 Å². The van der Waals surface area contributed by atoms with Crippen LogP contribution < -0.4 is 5.32 Å². The molecule has 0 radical (unpaired) electrons. The Labute approximate surface area is 123 Å². The van der Waals surface area contributed by atoms with Gasteiger partial charge in [0.2, 0.25) is 0 Å². The van der Waals surface area contributed by atoms with Crippen molar-refractivity contribution in [1.82, 2.24) is 5.32 Å². The number of carbonyl (C=O) groups is 1. The molecular weight excluding hydrogens is 272 g/mol. The summed E-state index contributed by atoms with van der Waals surface area (Å²) in [5.41, 5.74) is 0.699. The molecule has 1 saturated carbocycles. The third kappa shape index (κ3) is 3.58. The van der Waals surface area contributed by atoms with Crippen molar-refractivity contribution in [2.24, 2.45) is 5.92 Å². The predicted octanol–water partition coefficient (Wildman–Crippen LogP) is 2.18. The zero-order valence-corrected chi connectivity index (χ0v) is 12.0. The molecule has 114 valence electrons. The van der Waals surface area contributed by atoms with Gasteiger partial charge in [-0.3, -0.25) is 14.9 Å². The summed E-state index contributed by atoms with van der Waals surface area (Å²) in [4.78, 5) is 22.8. The molecule has 1 aromatic carbocycles. The lowest BCUT2D eigenvalue weighted by Gasteiger charge is -2.30. The van der Waals surface area contributed by atoms with E-state index in [-0.39, 0.29) is 29.8 Å². The Kier molecular flexibility index (Phi) is 4.90. The van der Waals surface area contributed by atoms with E-state index in [0.29, 0.717) is 0 Å². The number of amides is 1. The Bertz CT molecular complexity index is 544. The number of carbonyl (C=O) groups excluding carboxylic acids is 1. The third-order valence-corrected chi connectivity index (χ3v) is 4.05. The maximum absolute atomic E-state index is 12.4. The Morgan fingerprint density at radius 2 is 2.14 bits per heavy atom. The number of nitrogens with zero attached hydrogens (tertiary/aromatic N) is 1. The number of hydrogen-bond acceptors (Lipinski definition) is 4. The molecule has 0 heterocycles. The average Bonchev–Trinajstić information content (AvgIpc) is 2.47.